The Kier molecular flexibility index (Phi) is 6.76. The minimum atomic E-state index is -0.0933. The summed E-state index contributed by atoms with van der Waals surface area (Å²) in [5.74, 6) is -0.113. The van der Waals surface area contributed by atoms with Gasteiger partial charge >= 0.3 is 0 Å². The zero-order valence-electron chi connectivity index (χ0n) is 14.9. The van der Waals surface area contributed by atoms with E-state index in [1.807, 2.05) is 52.0 Å². The third-order valence-corrected chi connectivity index (χ3v) is 4.82. The van der Waals surface area contributed by atoms with Crippen LogP contribution in [0.15, 0.2) is 59.6 Å². The first-order valence-electron chi connectivity index (χ1n) is 8.83. The number of benzene rings is 1. The SMILES string of the molecule is O=C(CCCNC(=O)c1ccsc1)NCc1ccccc1Cn1cccn1. The summed E-state index contributed by atoms with van der Waals surface area (Å²) in [5.41, 5.74) is 2.87. The molecule has 140 valence electrons. The predicted molar refractivity (Wildman–Crippen MR) is 106 cm³/mol. The molecule has 0 aliphatic heterocycles. The number of rotatable bonds is 9. The first-order valence-corrected chi connectivity index (χ1v) is 9.78. The highest BCUT2D eigenvalue weighted by Crippen LogP contribution is 2.10. The monoisotopic (exact) mass is 382 g/mol. The van der Waals surface area contributed by atoms with Gasteiger partial charge in [-0.25, -0.2) is 0 Å². The number of amides is 2. The highest BCUT2D eigenvalue weighted by molar-refractivity contribution is 7.08. The summed E-state index contributed by atoms with van der Waals surface area (Å²) in [6.45, 7) is 1.64. The first-order chi connectivity index (χ1) is 13.2. The van der Waals surface area contributed by atoms with E-state index in [2.05, 4.69) is 15.7 Å². The maximum atomic E-state index is 12.1. The minimum Gasteiger partial charge on any atom is -0.352 e. The maximum Gasteiger partial charge on any atom is 0.252 e. The molecule has 0 saturated heterocycles. The number of hydrogen-bond acceptors (Lipinski definition) is 4. The number of hydrogen-bond donors (Lipinski definition) is 2. The molecule has 0 unspecified atom stereocenters. The van der Waals surface area contributed by atoms with E-state index >= 15 is 0 Å². The van der Waals surface area contributed by atoms with Gasteiger partial charge in [0.05, 0.1) is 6.54 Å². The summed E-state index contributed by atoms with van der Waals surface area (Å²) in [5, 5.41) is 13.7. The third kappa shape index (κ3) is 5.79. The molecule has 3 aromatic rings. The predicted octanol–water partition coefficient (Wildman–Crippen LogP) is 2.82. The van der Waals surface area contributed by atoms with E-state index in [9.17, 15) is 9.59 Å². The van der Waals surface area contributed by atoms with Gasteiger partial charge in [-0.2, -0.15) is 16.4 Å². The van der Waals surface area contributed by atoms with E-state index in [1.54, 1.807) is 12.3 Å². The fraction of sp³-hybridized carbons (Fsp3) is 0.250. The number of carbonyl (C=O) groups is 2. The highest BCUT2D eigenvalue weighted by Gasteiger charge is 2.07. The topological polar surface area (TPSA) is 76.0 Å². The van der Waals surface area contributed by atoms with Crippen molar-refractivity contribution in [2.24, 2.45) is 0 Å². The number of thiophene rings is 1. The lowest BCUT2D eigenvalue weighted by Gasteiger charge is -2.11. The van der Waals surface area contributed by atoms with E-state index in [0.29, 0.717) is 38.0 Å². The fourth-order valence-corrected chi connectivity index (χ4v) is 3.32. The van der Waals surface area contributed by atoms with Crippen LogP contribution in [0.25, 0.3) is 0 Å². The summed E-state index contributed by atoms with van der Waals surface area (Å²) in [6, 6.07) is 11.7. The Morgan fingerprint density at radius 3 is 2.67 bits per heavy atom. The van der Waals surface area contributed by atoms with E-state index in [-0.39, 0.29) is 11.8 Å². The molecule has 0 aliphatic rings. The normalized spacial score (nSPS) is 10.5. The van der Waals surface area contributed by atoms with Crippen LogP contribution in [0.2, 0.25) is 0 Å². The second-order valence-electron chi connectivity index (χ2n) is 6.12. The van der Waals surface area contributed by atoms with Gasteiger partial charge in [-0.05, 0) is 35.1 Å². The standard InChI is InChI=1S/C20H22N4O2S/c25-19(7-3-9-21-20(26)18-8-12-27-15-18)22-13-16-5-1-2-6-17(16)14-24-11-4-10-23-24/h1-2,4-6,8,10-12,15H,3,7,9,13-14H2,(H,21,26)(H,22,25). The van der Waals surface area contributed by atoms with Crippen molar-refractivity contribution in [2.45, 2.75) is 25.9 Å². The van der Waals surface area contributed by atoms with Gasteiger partial charge in [0, 0.05) is 42.8 Å². The van der Waals surface area contributed by atoms with Crippen LogP contribution >= 0.6 is 11.3 Å². The number of aromatic nitrogens is 2. The Bertz CT molecular complexity index is 860. The van der Waals surface area contributed by atoms with E-state index < -0.39 is 0 Å². The Hall–Kier alpha value is -2.93. The molecule has 0 radical (unpaired) electrons. The average Bonchev–Trinajstić information content (AvgIpc) is 3.38. The molecule has 0 fully saturated rings. The van der Waals surface area contributed by atoms with Crippen molar-refractivity contribution in [3.8, 4) is 0 Å². The quantitative estimate of drug-likeness (QED) is 0.559. The highest BCUT2D eigenvalue weighted by atomic mass is 32.1. The van der Waals surface area contributed by atoms with Gasteiger partial charge < -0.3 is 10.6 Å². The van der Waals surface area contributed by atoms with E-state index in [4.69, 9.17) is 0 Å². The zero-order chi connectivity index (χ0) is 18.9. The molecule has 2 aromatic heterocycles. The van der Waals surface area contributed by atoms with Crippen LogP contribution in [-0.4, -0.2) is 28.1 Å². The summed E-state index contributed by atoms with van der Waals surface area (Å²) >= 11 is 1.49. The van der Waals surface area contributed by atoms with Crippen LogP contribution < -0.4 is 10.6 Å². The largest absolute Gasteiger partial charge is 0.352 e. The van der Waals surface area contributed by atoms with Gasteiger partial charge in [0.25, 0.3) is 5.91 Å². The summed E-state index contributed by atoms with van der Waals surface area (Å²) < 4.78 is 1.86. The molecular formula is C20H22N4O2S. The molecule has 2 heterocycles. The molecule has 0 atom stereocenters. The molecule has 0 saturated carbocycles. The lowest BCUT2D eigenvalue weighted by atomic mass is 10.1. The molecule has 3 rings (SSSR count). The van der Waals surface area contributed by atoms with Gasteiger partial charge in [-0.1, -0.05) is 24.3 Å². The number of nitrogens with zero attached hydrogens (tertiary/aromatic N) is 2. The van der Waals surface area contributed by atoms with Crippen LogP contribution in [0.4, 0.5) is 0 Å². The second-order valence-corrected chi connectivity index (χ2v) is 6.90. The van der Waals surface area contributed by atoms with Gasteiger partial charge in [-0.3, -0.25) is 14.3 Å². The van der Waals surface area contributed by atoms with Gasteiger partial charge in [0.15, 0.2) is 0 Å². The lowest BCUT2D eigenvalue weighted by Crippen LogP contribution is -2.27. The maximum absolute atomic E-state index is 12.1. The lowest BCUT2D eigenvalue weighted by molar-refractivity contribution is -0.121. The van der Waals surface area contributed by atoms with Crippen molar-refractivity contribution in [2.75, 3.05) is 6.54 Å². The van der Waals surface area contributed by atoms with Crippen molar-refractivity contribution in [3.05, 3.63) is 76.2 Å². The molecule has 0 spiro atoms. The van der Waals surface area contributed by atoms with Crippen LogP contribution in [-0.2, 0) is 17.9 Å². The fourth-order valence-electron chi connectivity index (χ4n) is 2.68. The molecule has 0 bridgehead atoms. The number of carbonyl (C=O) groups excluding carboxylic acids is 2. The third-order valence-electron chi connectivity index (χ3n) is 4.14. The smallest absolute Gasteiger partial charge is 0.252 e. The van der Waals surface area contributed by atoms with Crippen molar-refractivity contribution < 1.29 is 9.59 Å². The number of nitrogens with one attached hydrogen (secondary N) is 2. The Morgan fingerprint density at radius 1 is 1.07 bits per heavy atom. The van der Waals surface area contributed by atoms with Gasteiger partial charge in [-0.15, -0.1) is 0 Å². The first kappa shape index (κ1) is 18.8. The molecule has 7 heteroatoms. The van der Waals surface area contributed by atoms with Crippen LogP contribution in [0, 0.1) is 0 Å². The van der Waals surface area contributed by atoms with Crippen molar-refractivity contribution >= 4 is 23.2 Å². The average molecular weight is 382 g/mol. The van der Waals surface area contributed by atoms with E-state index in [1.165, 1.54) is 11.3 Å². The molecule has 0 aliphatic carbocycles. The summed E-state index contributed by atoms with van der Waals surface area (Å²) in [6.07, 6.45) is 4.66. The minimum absolute atomic E-state index is 0.0197. The Morgan fingerprint density at radius 2 is 1.93 bits per heavy atom. The molecule has 1 aromatic carbocycles. The van der Waals surface area contributed by atoms with Gasteiger partial charge in [0.1, 0.15) is 0 Å². The van der Waals surface area contributed by atoms with Gasteiger partial charge in [0.2, 0.25) is 5.91 Å². The second kappa shape index (κ2) is 9.68. The van der Waals surface area contributed by atoms with Crippen molar-refractivity contribution in [1.29, 1.82) is 0 Å². The molecule has 2 amide bonds. The van der Waals surface area contributed by atoms with Crippen molar-refractivity contribution in [1.82, 2.24) is 20.4 Å². The molecule has 27 heavy (non-hydrogen) atoms. The van der Waals surface area contributed by atoms with Crippen LogP contribution in [0.1, 0.15) is 34.3 Å². The van der Waals surface area contributed by atoms with Crippen LogP contribution in [0.5, 0.6) is 0 Å². The van der Waals surface area contributed by atoms with E-state index in [0.717, 1.165) is 11.1 Å². The summed E-state index contributed by atoms with van der Waals surface area (Å²) in [7, 11) is 0. The molecule has 6 nitrogen and oxygen atoms in total. The molecular weight excluding hydrogens is 360 g/mol. The van der Waals surface area contributed by atoms with Crippen molar-refractivity contribution in [3.63, 3.8) is 0 Å². The van der Waals surface area contributed by atoms with Crippen LogP contribution in [0.3, 0.4) is 0 Å². The molecule has 2 N–H and O–H groups in total. The Balaban J connectivity index is 1.40. The summed E-state index contributed by atoms with van der Waals surface area (Å²) in [4.78, 5) is 23.9. The zero-order valence-corrected chi connectivity index (χ0v) is 15.7. The Labute approximate surface area is 162 Å².